The largest absolute Gasteiger partial charge is 0.385 e. The van der Waals surface area contributed by atoms with Crippen LogP contribution in [0.4, 0.5) is 5.82 Å². The smallest absolute Gasteiger partial charge is 0.131 e. The SMILES string of the molecule is COCCCc1nc(N)cc(C(C)(C)C)n1. The van der Waals surface area contributed by atoms with Gasteiger partial charge in [-0.25, -0.2) is 9.97 Å². The van der Waals surface area contributed by atoms with E-state index in [0.29, 0.717) is 5.82 Å². The minimum Gasteiger partial charge on any atom is -0.385 e. The van der Waals surface area contributed by atoms with Crippen molar-refractivity contribution in [3.05, 3.63) is 17.6 Å². The van der Waals surface area contributed by atoms with E-state index in [9.17, 15) is 0 Å². The number of nitrogen functional groups attached to an aromatic ring is 1. The summed E-state index contributed by atoms with van der Waals surface area (Å²) in [5.74, 6) is 1.36. The summed E-state index contributed by atoms with van der Waals surface area (Å²) in [6.07, 6.45) is 1.73. The van der Waals surface area contributed by atoms with Crippen molar-refractivity contribution in [2.45, 2.75) is 39.0 Å². The number of hydrogen-bond donors (Lipinski definition) is 1. The van der Waals surface area contributed by atoms with Gasteiger partial charge in [-0.3, -0.25) is 0 Å². The van der Waals surface area contributed by atoms with Crippen LogP contribution in [0.5, 0.6) is 0 Å². The molecule has 0 unspecified atom stereocenters. The molecule has 0 saturated carbocycles. The molecule has 0 amide bonds. The second-order valence-electron chi connectivity index (χ2n) is 4.94. The minimum absolute atomic E-state index is 0.00701. The number of nitrogens with zero attached hydrogens (tertiary/aromatic N) is 2. The zero-order valence-electron chi connectivity index (χ0n) is 10.6. The Morgan fingerprint density at radius 3 is 2.56 bits per heavy atom. The number of aromatic nitrogens is 2. The standard InChI is InChI=1S/C12H21N3O/c1-12(2,3)9-8-10(13)15-11(14-9)6-5-7-16-4/h8H,5-7H2,1-4H3,(H2,13,14,15). The van der Waals surface area contributed by atoms with Gasteiger partial charge in [0.15, 0.2) is 0 Å². The lowest BCUT2D eigenvalue weighted by atomic mass is 9.92. The first-order chi connectivity index (χ1) is 7.43. The van der Waals surface area contributed by atoms with Crippen molar-refractivity contribution in [1.29, 1.82) is 0 Å². The molecule has 0 fully saturated rings. The van der Waals surface area contributed by atoms with Gasteiger partial charge in [0.1, 0.15) is 11.6 Å². The predicted molar refractivity (Wildman–Crippen MR) is 65.3 cm³/mol. The van der Waals surface area contributed by atoms with Gasteiger partial charge in [-0.1, -0.05) is 20.8 Å². The van der Waals surface area contributed by atoms with E-state index in [0.717, 1.165) is 31.0 Å². The molecular formula is C12H21N3O. The van der Waals surface area contributed by atoms with Gasteiger partial charge >= 0.3 is 0 Å². The third-order valence-electron chi connectivity index (χ3n) is 2.31. The number of aryl methyl sites for hydroxylation is 1. The van der Waals surface area contributed by atoms with Crippen LogP contribution >= 0.6 is 0 Å². The Morgan fingerprint density at radius 2 is 2.00 bits per heavy atom. The summed E-state index contributed by atoms with van der Waals surface area (Å²) in [4.78, 5) is 8.76. The average Bonchev–Trinajstić information content (AvgIpc) is 2.16. The molecule has 0 spiro atoms. The van der Waals surface area contributed by atoms with E-state index in [2.05, 4.69) is 30.7 Å². The van der Waals surface area contributed by atoms with Crippen molar-refractivity contribution in [2.75, 3.05) is 19.5 Å². The molecule has 0 aliphatic heterocycles. The molecule has 1 aromatic heterocycles. The third kappa shape index (κ3) is 3.77. The first kappa shape index (κ1) is 12.9. The van der Waals surface area contributed by atoms with E-state index < -0.39 is 0 Å². The van der Waals surface area contributed by atoms with Crippen molar-refractivity contribution >= 4 is 5.82 Å². The highest BCUT2D eigenvalue weighted by Gasteiger charge is 2.17. The van der Waals surface area contributed by atoms with E-state index in [-0.39, 0.29) is 5.41 Å². The number of nitrogens with two attached hydrogens (primary N) is 1. The zero-order valence-corrected chi connectivity index (χ0v) is 10.6. The lowest BCUT2D eigenvalue weighted by Gasteiger charge is -2.18. The molecule has 1 rings (SSSR count). The maximum atomic E-state index is 5.78. The molecule has 0 bridgehead atoms. The maximum absolute atomic E-state index is 5.78. The molecule has 0 aliphatic carbocycles. The number of methoxy groups -OCH3 is 1. The normalized spacial score (nSPS) is 11.8. The lowest BCUT2D eigenvalue weighted by molar-refractivity contribution is 0.194. The molecule has 2 N–H and O–H groups in total. The molecule has 0 aromatic carbocycles. The van der Waals surface area contributed by atoms with Gasteiger partial charge in [-0.05, 0) is 6.42 Å². The van der Waals surface area contributed by atoms with Crippen molar-refractivity contribution in [3.63, 3.8) is 0 Å². The molecule has 1 aromatic rings. The molecule has 0 aliphatic rings. The van der Waals surface area contributed by atoms with Crippen molar-refractivity contribution in [1.82, 2.24) is 9.97 Å². The first-order valence-corrected chi connectivity index (χ1v) is 5.56. The Bertz CT molecular complexity index is 345. The van der Waals surface area contributed by atoms with Crippen molar-refractivity contribution in [3.8, 4) is 0 Å². The van der Waals surface area contributed by atoms with Gasteiger partial charge in [0.2, 0.25) is 0 Å². The van der Waals surface area contributed by atoms with Crippen molar-refractivity contribution in [2.24, 2.45) is 0 Å². The van der Waals surface area contributed by atoms with Gasteiger partial charge in [-0.2, -0.15) is 0 Å². The predicted octanol–water partition coefficient (Wildman–Crippen LogP) is 1.94. The highest BCUT2D eigenvalue weighted by atomic mass is 16.5. The van der Waals surface area contributed by atoms with Crippen LogP contribution in [0.3, 0.4) is 0 Å². The summed E-state index contributed by atoms with van der Waals surface area (Å²) in [6, 6.07) is 1.85. The molecule has 16 heavy (non-hydrogen) atoms. The van der Waals surface area contributed by atoms with Gasteiger partial charge in [0.25, 0.3) is 0 Å². The molecule has 0 atom stereocenters. The molecular weight excluding hydrogens is 202 g/mol. The average molecular weight is 223 g/mol. The molecule has 90 valence electrons. The van der Waals surface area contributed by atoms with Crippen LogP contribution in [0, 0.1) is 0 Å². The van der Waals surface area contributed by atoms with Crippen molar-refractivity contribution < 1.29 is 4.74 Å². The van der Waals surface area contributed by atoms with Gasteiger partial charge in [0.05, 0.1) is 5.69 Å². The Hall–Kier alpha value is -1.16. The number of hydrogen-bond acceptors (Lipinski definition) is 4. The summed E-state index contributed by atoms with van der Waals surface area (Å²) in [5.41, 5.74) is 6.78. The Balaban J connectivity index is 2.82. The highest BCUT2D eigenvalue weighted by Crippen LogP contribution is 2.21. The fraction of sp³-hybridized carbons (Fsp3) is 0.667. The van der Waals surface area contributed by atoms with E-state index in [4.69, 9.17) is 10.5 Å². The minimum atomic E-state index is 0.00701. The van der Waals surface area contributed by atoms with Crippen LogP contribution in [-0.2, 0) is 16.6 Å². The van der Waals surface area contributed by atoms with E-state index in [1.807, 2.05) is 6.07 Å². The second kappa shape index (κ2) is 5.25. The van der Waals surface area contributed by atoms with Gasteiger partial charge in [0, 0.05) is 31.6 Å². The summed E-state index contributed by atoms with van der Waals surface area (Å²) in [5, 5.41) is 0. The number of anilines is 1. The summed E-state index contributed by atoms with van der Waals surface area (Å²) >= 11 is 0. The Labute approximate surface area is 97.2 Å². The topological polar surface area (TPSA) is 61.0 Å². The molecule has 4 heteroatoms. The van der Waals surface area contributed by atoms with Crippen LogP contribution in [-0.4, -0.2) is 23.7 Å². The number of ether oxygens (including phenoxy) is 1. The highest BCUT2D eigenvalue weighted by molar-refractivity contribution is 5.32. The van der Waals surface area contributed by atoms with Crippen LogP contribution in [0.2, 0.25) is 0 Å². The van der Waals surface area contributed by atoms with E-state index in [1.165, 1.54) is 0 Å². The van der Waals surface area contributed by atoms with E-state index >= 15 is 0 Å². The summed E-state index contributed by atoms with van der Waals surface area (Å²) < 4.78 is 5.00. The number of rotatable bonds is 4. The summed E-state index contributed by atoms with van der Waals surface area (Å²) in [7, 11) is 1.70. The van der Waals surface area contributed by atoms with Crippen LogP contribution in [0.1, 0.15) is 38.7 Å². The summed E-state index contributed by atoms with van der Waals surface area (Å²) in [6.45, 7) is 7.08. The van der Waals surface area contributed by atoms with Crippen LogP contribution in [0.15, 0.2) is 6.07 Å². The fourth-order valence-corrected chi connectivity index (χ4v) is 1.39. The molecule has 0 saturated heterocycles. The van der Waals surface area contributed by atoms with Crippen LogP contribution in [0.25, 0.3) is 0 Å². The zero-order chi connectivity index (χ0) is 12.2. The monoisotopic (exact) mass is 223 g/mol. The lowest BCUT2D eigenvalue weighted by Crippen LogP contribution is -2.16. The van der Waals surface area contributed by atoms with Gasteiger partial charge < -0.3 is 10.5 Å². The van der Waals surface area contributed by atoms with Gasteiger partial charge in [-0.15, -0.1) is 0 Å². The molecule has 1 heterocycles. The first-order valence-electron chi connectivity index (χ1n) is 5.56. The van der Waals surface area contributed by atoms with Crippen LogP contribution < -0.4 is 5.73 Å². The third-order valence-corrected chi connectivity index (χ3v) is 2.31. The maximum Gasteiger partial charge on any atom is 0.131 e. The fourth-order valence-electron chi connectivity index (χ4n) is 1.39. The Kier molecular flexibility index (Phi) is 4.24. The molecule has 4 nitrogen and oxygen atoms in total. The Morgan fingerprint density at radius 1 is 1.31 bits per heavy atom. The molecule has 0 radical (unpaired) electrons. The van der Waals surface area contributed by atoms with E-state index in [1.54, 1.807) is 7.11 Å². The second-order valence-corrected chi connectivity index (χ2v) is 4.94. The quantitative estimate of drug-likeness (QED) is 0.792.